The van der Waals surface area contributed by atoms with Gasteiger partial charge < -0.3 is 0 Å². The van der Waals surface area contributed by atoms with Crippen molar-refractivity contribution in [2.24, 2.45) is 0 Å². The fourth-order valence-corrected chi connectivity index (χ4v) is 1.59. The number of hydrogen-bond donors (Lipinski definition) is 1. The molecular weight excluding hydrogens is 303 g/mol. The normalized spacial score (nSPS) is 10.3. The topological polar surface area (TPSA) is 42.7 Å². The van der Waals surface area contributed by atoms with Crippen LogP contribution in [0.2, 0.25) is 0 Å². The van der Waals surface area contributed by atoms with Gasteiger partial charge in [-0.15, -0.1) is 0 Å². The van der Waals surface area contributed by atoms with E-state index in [9.17, 15) is 0 Å². The molecule has 0 aliphatic heterocycles. The van der Waals surface area contributed by atoms with Crippen LogP contribution in [0.5, 0.6) is 0 Å². The van der Waals surface area contributed by atoms with Crippen molar-refractivity contribution in [3.05, 3.63) is 39.5 Å². The average Bonchev–Trinajstić information content (AvgIpc) is 2.53. The van der Waals surface area contributed by atoms with Gasteiger partial charge in [0.05, 0.1) is 0 Å². The number of aryl methyl sites for hydroxylation is 2. The summed E-state index contributed by atoms with van der Waals surface area (Å²) in [4.78, 5) is 8.37. The van der Waals surface area contributed by atoms with Gasteiger partial charge >= 0.3 is 0 Å². The number of anilines is 1. The molecule has 2 rings (SSSR count). The standard InChI is InChI=1S/C10H11IN4/c1-7-3-4-8(2)15(7)14-10-12-5-9(11)6-13-10/h3-6H,1-2H3,(H,12,13,14). The number of rotatable bonds is 2. The molecular formula is C10H11IN4. The Morgan fingerprint density at radius 1 is 1.13 bits per heavy atom. The van der Waals surface area contributed by atoms with E-state index < -0.39 is 0 Å². The number of hydrogen-bond acceptors (Lipinski definition) is 3. The van der Waals surface area contributed by atoms with Crippen molar-refractivity contribution < 1.29 is 0 Å². The van der Waals surface area contributed by atoms with Crippen molar-refractivity contribution in [3.63, 3.8) is 0 Å². The lowest BCUT2D eigenvalue weighted by Gasteiger charge is -2.10. The number of halogens is 1. The Kier molecular flexibility index (Phi) is 2.90. The molecule has 2 heterocycles. The lowest BCUT2D eigenvalue weighted by molar-refractivity contribution is 0.855. The molecule has 4 nitrogen and oxygen atoms in total. The van der Waals surface area contributed by atoms with Crippen LogP contribution in [0.4, 0.5) is 5.95 Å². The van der Waals surface area contributed by atoms with Crippen molar-refractivity contribution in [1.29, 1.82) is 0 Å². The smallest absolute Gasteiger partial charge is 0.242 e. The van der Waals surface area contributed by atoms with Crippen LogP contribution in [0.15, 0.2) is 24.5 Å². The minimum Gasteiger partial charge on any atom is -0.262 e. The Morgan fingerprint density at radius 3 is 2.20 bits per heavy atom. The van der Waals surface area contributed by atoms with Crippen molar-refractivity contribution >= 4 is 28.5 Å². The predicted molar refractivity (Wildman–Crippen MR) is 67.7 cm³/mol. The molecule has 2 aromatic rings. The van der Waals surface area contributed by atoms with Crippen LogP contribution in [0.1, 0.15) is 11.4 Å². The number of aromatic nitrogens is 3. The van der Waals surface area contributed by atoms with Gasteiger partial charge in [-0.25, -0.2) is 9.97 Å². The van der Waals surface area contributed by atoms with Gasteiger partial charge in [-0.2, -0.15) is 0 Å². The molecule has 0 radical (unpaired) electrons. The van der Waals surface area contributed by atoms with Crippen LogP contribution in [0, 0.1) is 17.4 Å². The highest BCUT2D eigenvalue weighted by molar-refractivity contribution is 14.1. The SMILES string of the molecule is Cc1ccc(C)n1Nc1ncc(I)cn1. The van der Waals surface area contributed by atoms with E-state index in [2.05, 4.69) is 50.1 Å². The summed E-state index contributed by atoms with van der Waals surface area (Å²) in [6.07, 6.45) is 3.56. The maximum absolute atomic E-state index is 4.18. The van der Waals surface area contributed by atoms with Gasteiger partial charge in [0, 0.05) is 27.4 Å². The summed E-state index contributed by atoms with van der Waals surface area (Å²) in [5.41, 5.74) is 5.41. The number of nitrogens with one attached hydrogen (secondary N) is 1. The molecule has 5 heteroatoms. The summed E-state index contributed by atoms with van der Waals surface area (Å²) in [5.74, 6) is 0.609. The Hall–Kier alpha value is -1.11. The van der Waals surface area contributed by atoms with Crippen molar-refractivity contribution in [3.8, 4) is 0 Å². The molecule has 0 amide bonds. The largest absolute Gasteiger partial charge is 0.262 e. The highest BCUT2D eigenvalue weighted by Gasteiger charge is 2.02. The maximum atomic E-state index is 4.18. The van der Waals surface area contributed by atoms with Crippen LogP contribution < -0.4 is 5.43 Å². The van der Waals surface area contributed by atoms with Gasteiger partial charge in [0.2, 0.25) is 5.95 Å². The van der Waals surface area contributed by atoms with Gasteiger partial charge in [-0.05, 0) is 48.6 Å². The summed E-state index contributed by atoms with van der Waals surface area (Å²) in [6, 6.07) is 4.10. The Bertz CT molecular complexity index is 441. The molecule has 0 saturated heterocycles. The second kappa shape index (κ2) is 4.18. The molecule has 2 aromatic heterocycles. The van der Waals surface area contributed by atoms with Gasteiger partial charge in [-0.1, -0.05) is 0 Å². The van der Waals surface area contributed by atoms with E-state index in [1.165, 1.54) is 0 Å². The van der Waals surface area contributed by atoms with Crippen LogP contribution in [-0.4, -0.2) is 14.6 Å². The van der Waals surface area contributed by atoms with Crippen LogP contribution in [0.3, 0.4) is 0 Å². The molecule has 0 atom stereocenters. The third-order valence-corrected chi connectivity index (χ3v) is 2.66. The lowest BCUT2D eigenvalue weighted by Crippen LogP contribution is -2.14. The molecule has 0 aromatic carbocycles. The van der Waals surface area contributed by atoms with E-state index in [0.29, 0.717) is 5.95 Å². The molecule has 0 aliphatic carbocycles. The zero-order chi connectivity index (χ0) is 10.8. The summed E-state index contributed by atoms with van der Waals surface area (Å²) in [6.45, 7) is 4.07. The van der Waals surface area contributed by atoms with E-state index in [0.717, 1.165) is 15.0 Å². The first-order chi connectivity index (χ1) is 7.16. The molecule has 0 aliphatic rings. The first-order valence-corrected chi connectivity index (χ1v) is 5.64. The Morgan fingerprint density at radius 2 is 1.67 bits per heavy atom. The number of nitrogens with zero attached hydrogens (tertiary/aromatic N) is 3. The molecule has 0 saturated carbocycles. The monoisotopic (exact) mass is 314 g/mol. The van der Waals surface area contributed by atoms with Crippen molar-refractivity contribution in [2.75, 3.05) is 5.43 Å². The zero-order valence-corrected chi connectivity index (χ0v) is 10.7. The van der Waals surface area contributed by atoms with E-state index in [1.807, 2.05) is 18.5 Å². The second-order valence-corrected chi connectivity index (χ2v) is 4.53. The zero-order valence-electron chi connectivity index (χ0n) is 8.53. The summed E-state index contributed by atoms with van der Waals surface area (Å²) in [5, 5.41) is 0. The van der Waals surface area contributed by atoms with Gasteiger partial charge in [0.1, 0.15) is 0 Å². The minimum atomic E-state index is 0.609. The van der Waals surface area contributed by atoms with Crippen molar-refractivity contribution in [2.45, 2.75) is 13.8 Å². The molecule has 0 fully saturated rings. The third kappa shape index (κ3) is 2.28. The molecule has 78 valence electrons. The predicted octanol–water partition coefficient (Wildman–Crippen LogP) is 2.37. The second-order valence-electron chi connectivity index (χ2n) is 3.29. The summed E-state index contributed by atoms with van der Waals surface area (Å²) in [7, 11) is 0. The van der Waals surface area contributed by atoms with Crippen LogP contribution in [0.25, 0.3) is 0 Å². The van der Waals surface area contributed by atoms with Crippen molar-refractivity contribution in [1.82, 2.24) is 14.6 Å². The highest BCUT2D eigenvalue weighted by Crippen LogP contribution is 2.08. The Balaban J connectivity index is 2.25. The van der Waals surface area contributed by atoms with Crippen LogP contribution in [-0.2, 0) is 0 Å². The molecule has 1 N–H and O–H groups in total. The molecule has 0 spiro atoms. The first kappa shape index (κ1) is 10.4. The fourth-order valence-electron chi connectivity index (χ4n) is 1.31. The quantitative estimate of drug-likeness (QED) is 0.866. The maximum Gasteiger partial charge on any atom is 0.242 e. The van der Waals surface area contributed by atoms with E-state index in [4.69, 9.17) is 0 Å². The van der Waals surface area contributed by atoms with E-state index in [-0.39, 0.29) is 0 Å². The molecule has 15 heavy (non-hydrogen) atoms. The fraction of sp³-hybridized carbons (Fsp3) is 0.200. The highest BCUT2D eigenvalue weighted by atomic mass is 127. The first-order valence-electron chi connectivity index (χ1n) is 4.56. The average molecular weight is 314 g/mol. The summed E-state index contributed by atoms with van der Waals surface area (Å²) < 4.78 is 2.99. The molecule has 0 bridgehead atoms. The van der Waals surface area contributed by atoms with E-state index in [1.54, 1.807) is 12.4 Å². The Labute approximate surface area is 102 Å². The van der Waals surface area contributed by atoms with Gasteiger partial charge in [-0.3, -0.25) is 10.1 Å². The molecule has 0 unspecified atom stereocenters. The van der Waals surface area contributed by atoms with Gasteiger partial charge in [0.15, 0.2) is 0 Å². The van der Waals surface area contributed by atoms with Gasteiger partial charge in [0.25, 0.3) is 0 Å². The minimum absolute atomic E-state index is 0.609. The van der Waals surface area contributed by atoms with E-state index >= 15 is 0 Å². The third-order valence-electron chi connectivity index (χ3n) is 2.10. The summed E-state index contributed by atoms with van der Waals surface area (Å²) >= 11 is 2.18. The van der Waals surface area contributed by atoms with Crippen LogP contribution >= 0.6 is 22.6 Å². The lowest BCUT2D eigenvalue weighted by atomic mass is 10.5.